The third-order valence-corrected chi connectivity index (χ3v) is 5.13. The molecule has 0 N–H and O–H groups in total. The second-order valence-corrected chi connectivity index (χ2v) is 7.27. The average Bonchev–Trinajstić information content (AvgIpc) is 3.05. The monoisotopic (exact) mass is 359 g/mol. The van der Waals surface area contributed by atoms with E-state index in [9.17, 15) is 17.6 Å². The van der Waals surface area contributed by atoms with E-state index in [1.807, 2.05) is 6.92 Å². The number of nitrogens with zero attached hydrogens (tertiary/aromatic N) is 3. The molecule has 3 aromatic rings. The molecular formula is C17H14FN3O3S. The van der Waals surface area contributed by atoms with Crippen molar-refractivity contribution in [2.45, 2.75) is 18.2 Å². The summed E-state index contributed by atoms with van der Waals surface area (Å²) in [4.78, 5) is 15.9. The van der Waals surface area contributed by atoms with Crippen molar-refractivity contribution in [1.29, 1.82) is 0 Å². The van der Waals surface area contributed by atoms with E-state index in [-0.39, 0.29) is 17.0 Å². The van der Waals surface area contributed by atoms with Gasteiger partial charge in [-0.05, 0) is 36.8 Å². The first-order valence-corrected chi connectivity index (χ1v) is 8.81. The molecule has 0 aliphatic rings. The van der Waals surface area contributed by atoms with Crippen molar-refractivity contribution in [3.63, 3.8) is 0 Å². The molecule has 2 aromatic heterocycles. The first-order valence-electron chi connectivity index (χ1n) is 7.37. The second-order valence-electron chi connectivity index (χ2n) is 5.47. The molecule has 2 heterocycles. The van der Waals surface area contributed by atoms with Gasteiger partial charge in [-0.1, -0.05) is 17.7 Å². The van der Waals surface area contributed by atoms with Gasteiger partial charge >= 0.3 is 0 Å². The highest BCUT2D eigenvalue weighted by atomic mass is 32.2. The maximum Gasteiger partial charge on any atom is 0.282 e. The summed E-state index contributed by atoms with van der Waals surface area (Å²) >= 11 is 0. The molecule has 0 atom stereocenters. The predicted octanol–water partition coefficient (Wildman–Crippen LogP) is 2.39. The Morgan fingerprint density at radius 1 is 1.20 bits per heavy atom. The molecule has 0 spiro atoms. The number of aryl methyl sites for hydroxylation is 1. The van der Waals surface area contributed by atoms with Crippen LogP contribution in [0.25, 0.3) is 0 Å². The molecule has 0 fully saturated rings. The summed E-state index contributed by atoms with van der Waals surface area (Å²) in [6.07, 6.45) is 3.64. The fraction of sp³-hybridized carbons (Fsp3) is 0.118. The van der Waals surface area contributed by atoms with Crippen LogP contribution in [0, 0.1) is 12.7 Å². The van der Waals surface area contributed by atoms with Crippen LogP contribution in [0.4, 0.5) is 4.39 Å². The number of carbonyl (C=O) groups is 1. The fourth-order valence-electron chi connectivity index (χ4n) is 2.24. The Labute approximate surface area is 144 Å². The summed E-state index contributed by atoms with van der Waals surface area (Å²) in [5.74, 6) is -1.27. The SMILES string of the molecule is Cc1ccc(S(=O)(=O)n2cc(CC(=O)c3ncccc3F)cn2)cc1. The Morgan fingerprint density at radius 2 is 1.92 bits per heavy atom. The van der Waals surface area contributed by atoms with Crippen LogP contribution >= 0.6 is 0 Å². The van der Waals surface area contributed by atoms with Gasteiger partial charge in [-0.2, -0.15) is 17.6 Å². The minimum absolute atomic E-state index is 0.0925. The van der Waals surface area contributed by atoms with Crippen molar-refractivity contribution in [1.82, 2.24) is 14.2 Å². The van der Waals surface area contributed by atoms with E-state index in [2.05, 4.69) is 10.1 Å². The largest absolute Gasteiger partial charge is 0.292 e. The maximum atomic E-state index is 13.6. The van der Waals surface area contributed by atoms with E-state index < -0.39 is 21.6 Å². The molecule has 0 amide bonds. The van der Waals surface area contributed by atoms with Gasteiger partial charge in [-0.3, -0.25) is 9.78 Å². The molecule has 0 unspecified atom stereocenters. The number of benzene rings is 1. The Bertz CT molecular complexity index is 1030. The van der Waals surface area contributed by atoms with E-state index in [1.165, 1.54) is 36.8 Å². The molecule has 8 heteroatoms. The van der Waals surface area contributed by atoms with Gasteiger partial charge in [0.2, 0.25) is 0 Å². The Morgan fingerprint density at radius 3 is 2.60 bits per heavy atom. The summed E-state index contributed by atoms with van der Waals surface area (Å²) < 4.78 is 39.4. The molecule has 0 aliphatic carbocycles. The van der Waals surface area contributed by atoms with Crippen molar-refractivity contribution in [3.05, 3.63) is 77.6 Å². The van der Waals surface area contributed by atoms with Gasteiger partial charge in [-0.15, -0.1) is 0 Å². The van der Waals surface area contributed by atoms with Crippen molar-refractivity contribution < 1.29 is 17.6 Å². The van der Waals surface area contributed by atoms with E-state index >= 15 is 0 Å². The molecule has 128 valence electrons. The molecular weight excluding hydrogens is 345 g/mol. The summed E-state index contributed by atoms with van der Waals surface area (Å²) in [5, 5.41) is 3.82. The topological polar surface area (TPSA) is 81.9 Å². The lowest BCUT2D eigenvalue weighted by Crippen LogP contribution is -2.13. The summed E-state index contributed by atoms with van der Waals surface area (Å²) in [5.41, 5.74) is 1.01. The zero-order valence-corrected chi connectivity index (χ0v) is 14.1. The fourth-order valence-corrected chi connectivity index (χ4v) is 3.38. The molecule has 0 saturated carbocycles. The number of carbonyl (C=O) groups excluding carboxylic acids is 1. The molecule has 25 heavy (non-hydrogen) atoms. The lowest BCUT2D eigenvalue weighted by Gasteiger charge is -2.04. The first-order chi connectivity index (χ1) is 11.9. The zero-order valence-electron chi connectivity index (χ0n) is 13.3. The van der Waals surface area contributed by atoms with E-state index in [0.29, 0.717) is 5.56 Å². The van der Waals surface area contributed by atoms with Crippen LogP contribution in [0.2, 0.25) is 0 Å². The molecule has 6 nitrogen and oxygen atoms in total. The standard InChI is InChI=1S/C17H14FN3O3S/c1-12-4-6-14(7-5-12)25(23,24)21-11-13(10-20-21)9-16(22)17-15(18)3-2-8-19-17/h2-8,10-11H,9H2,1H3. The first kappa shape index (κ1) is 17.0. The van der Waals surface area contributed by atoms with Crippen LogP contribution in [0.15, 0.2) is 59.9 Å². The zero-order chi connectivity index (χ0) is 18.0. The van der Waals surface area contributed by atoms with E-state index in [0.717, 1.165) is 15.7 Å². The van der Waals surface area contributed by atoms with E-state index in [4.69, 9.17) is 0 Å². The smallest absolute Gasteiger partial charge is 0.282 e. The van der Waals surface area contributed by atoms with Crippen molar-refractivity contribution >= 4 is 15.8 Å². The molecule has 1 aromatic carbocycles. The number of ketones is 1. The van der Waals surface area contributed by atoms with Gasteiger partial charge in [-0.25, -0.2) is 4.39 Å². The van der Waals surface area contributed by atoms with Gasteiger partial charge in [0.1, 0.15) is 5.69 Å². The van der Waals surface area contributed by atoms with Crippen LogP contribution in [0.3, 0.4) is 0 Å². The Hall–Kier alpha value is -2.87. The van der Waals surface area contributed by atoms with Gasteiger partial charge < -0.3 is 0 Å². The van der Waals surface area contributed by atoms with Gasteiger partial charge in [0, 0.05) is 18.8 Å². The third-order valence-electron chi connectivity index (χ3n) is 3.57. The highest BCUT2D eigenvalue weighted by Crippen LogP contribution is 2.15. The van der Waals surface area contributed by atoms with Crippen molar-refractivity contribution in [2.75, 3.05) is 0 Å². The third kappa shape index (κ3) is 3.48. The normalized spacial score (nSPS) is 11.4. The van der Waals surface area contributed by atoms with Gasteiger partial charge in [0.15, 0.2) is 11.6 Å². The number of hydrogen-bond donors (Lipinski definition) is 0. The molecule has 0 bridgehead atoms. The van der Waals surface area contributed by atoms with Crippen LogP contribution in [-0.2, 0) is 16.4 Å². The van der Waals surface area contributed by atoms with Crippen LogP contribution < -0.4 is 0 Å². The average molecular weight is 359 g/mol. The number of aromatic nitrogens is 3. The minimum atomic E-state index is -3.84. The predicted molar refractivity (Wildman–Crippen MR) is 88.2 cm³/mol. The van der Waals surface area contributed by atoms with Gasteiger partial charge in [0.05, 0.1) is 11.1 Å². The van der Waals surface area contributed by atoms with E-state index in [1.54, 1.807) is 12.1 Å². The van der Waals surface area contributed by atoms with Crippen molar-refractivity contribution in [2.24, 2.45) is 0 Å². The number of rotatable bonds is 5. The molecule has 0 radical (unpaired) electrons. The van der Waals surface area contributed by atoms with Gasteiger partial charge in [0.25, 0.3) is 10.0 Å². The molecule has 0 saturated heterocycles. The summed E-state index contributed by atoms with van der Waals surface area (Å²) in [7, 11) is -3.84. The lowest BCUT2D eigenvalue weighted by molar-refractivity contribution is 0.0984. The number of pyridine rings is 1. The van der Waals surface area contributed by atoms with Crippen LogP contribution in [0.5, 0.6) is 0 Å². The summed E-state index contributed by atoms with van der Waals surface area (Å²) in [6, 6.07) is 8.88. The number of hydrogen-bond acceptors (Lipinski definition) is 5. The maximum absolute atomic E-state index is 13.6. The molecule has 0 aliphatic heterocycles. The summed E-state index contributed by atoms with van der Waals surface area (Å²) in [6.45, 7) is 1.85. The lowest BCUT2D eigenvalue weighted by atomic mass is 10.1. The molecule has 3 rings (SSSR count). The Kier molecular flexibility index (Phi) is 4.45. The van der Waals surface area contributed by atoms with Crippen LogP contribution in [-0.4, -0.2) is 28.4 Å². The minimum Gasteiger partial charge on any atom is -0.292 e. The number of halogens is 1. The quantitative estimate of drug-likeness (QED) is 0.653. The Balaban J connectivity index is 1.84. The second kappa shape index (κ2) is 6.56. The highest BCUT2D eigenvalue weighted by Gasteiger charge is 2.20. The highest BCUT2D eigenvalue weighted by molar-refractivity contribution is 7.89. The van der Waals surface area contributed by atoms with Crippen LogP contribution in [0.1, 0.15) is 21.6 Å². The number of Topliss-reactive ketones (excluding diaryl/α,β-unsaturated/α-hetero) is 1. The van der Waals surface area contributed by atoms with Crippen molar-refractivity contribution in [3.8, 4) is 0 Å².